The van der Waals surface area contributed by atoms with Crippen LogP contribution in [-0.2, 0) is 22.8 Å². The predicted molar refractivity (Wildman–Crippen MR) is 137 cm³/mol. The van der Waals surface area contributed by atoms with Crippen molar-refractivity contribution in [2.75, 3.05) is 30.9 Å². The summed E-state index contributed by atoms with van der Waals surface area (Å²) in [6.45, 7) is 2.42. The summed E-state index contributed by atoms with van der Waals surface area (Å²) in [5, 5.41) is 0. The highest BCUT2D eigenvalue weighted by Crippen LogP contribution is 2.37. The van der Waals surface area contributed by atoms with Gasteiger partial charge in [-0.25, -0.2) is 18.9 Å². The van der Waals surface area contributed by atoms with Gasteiger partial charge in [0.15, 0.2) is 0 Å². The molecule has 3 unspecified atom stereocenters. The standard InChI is InChI=1S/C26H35N5O2S/c1-30-18-28-23-15-21(10-11-24(23)30)20-8-6-19(7-9-20)17-33-25-16-31(26-5-3-4-13-27-26)14-12-22(25)29-34(2)32/h3-5,10-11,13,15,18-20,22,25,29H,6-9,12,14,16-17H2,1-2H3. The molecule has 7 nitrogen and oxygen atoms in total. The molecular formula is C26H35N5O2S. The van der Waals surface area contributed by atoms with Crippen LogP contribution in [0.25, 0.3) is 11.0 Å². The van der Waals surface area contributed by atoms with Gasteiger partial charge in [-0.2, -0.15) is 0 Å². The second-order valence-corrected chi connectivity index (χ2v) is 10.9. The van der Waals surface area contributed by atoms with Gasteiger partial charge in [0.1, 0.15) is 5.82 Å². The van der Waals surface area contributed by atoms with Gasteiger partial charge in [0.05, 0.1) is 34.5 Å². The Morgan fingerprint density at radius 3 is 2.74 bits per heavy atom. The van der Waals surface area contributed by atoms with Gasteiger partial charge in [-0.15, -0.1) is 0 Å². The van der Waals surface area contributed by atoms with Crippen molar-refractivity contribution in [1.29, 1.82) is 0 Å². The minimum Gasteiger partial charge on any atom is -0.374 e. The molecular weight excluding hydrogens is 446 g/mol. The first-order valence-corrected chi connectivity index (χ1v) is 13.9. The van der Waals surface area contributed by atoms with Crippen LogP contribution < -0.4 is 9.62 Å². The summed E-state index contributed by atoms with van der Waals surface area (Å²) in [5.74, 6) is 2.17. The molecule has 2 fully saturated rings. The minimum atomic E-state index is -1.05. The molecule has 34 heavy (non-hydrogen) atoms. The third-order valence-corrected chi connectivity index (χ3v) is 8.10. The average molecular weight is 482 g/mol. The molecule has 2 aromatic heterocycles. The molecule has 5 rings (SSSR count). The quantitative estimate of drug-likeness (QED) is 0.556. The number of rotatable bonds is 7. The number of nitrogens with one attached hydrogen (secondary N) is 1. The maximum atomic E-state index is 11.9. The van der Waals surface area contributed by atoms with Crippen LogP contribution in [-0.4, -0.2) is 56.8 Å². The fourth-order valence-electron chi connectivity index (χ4n) is 5.51. The normalized spacial score (nSPS) is 26.6. The van der Waals surface area contributed by atoms with Crippen LogP contribution in [0.1, 0.15) is 43.6 Å². The zero-order valence-electron chi connectivity index (χ0n) is 20.1. The van der Waals surface area contributed by atoms with Crippen LogP contribution in [0.15, 0.2) is 48.9 Å². The predicted octanol–water partition coefficient (Wildman–Crippen LogP) is 3.79. The molecule has 2 aliphatic rings. The second-order valence-electron chi connectivity index (χ2n) is 9.79. The maximum absolute atomic E-state index is 11.9. The maximum Gasteiger partial charge on any atom is 0.128 e. The number of aromatic nitrogens is 3. The van der Waals surface area contributed by atoms with Gasteiger partial charge in [-0.05, 0) is 73.8 Å². The molecule has 182 valence electrons. The van der Waals surface area contributed by atoms with Crippen molar-refractivity contribution in [3.8, 4) is 0 Å². The monoisotopic (exact) mass is 481 g/mol. The van der Waals surface area contributed by atoms with E-state index in [0.717, 1.165) is 37.5 Å². The third kappa shape index (κ3) is 5.34. The highest BCUT2D eigenvalue weighted by Gasteiger charge is 2.32. The van der Waals surface area contributed by atoms with Gasteiger partial charge in [0.2, 0.25) is 0 Å². The summed E-state index contributed by atoms with van der Waals surface area (Å²) < 4.78 is 23.7. The Balaban J connectivity index is 1.17. The van der Waals surface area contributed by atoms with Gasteiger partial charge in [0.25, 0.3) is 0 Å². The van der Waals surface area contributed by atoms with E-state index in [0.29, 0.717) is 11.8 Å². The highest BCUT2D eigenvalue weighted by molar-refractivity contribution is 7.82. The highest BCUT2D eigenvalue weighted by atomic mass is 32.2. The van der Waals surface area contributed by atoms with Gasteiger partial charge in [-0.1, -0.05) is 12.1 Å². The fraction of sp³-hybridized carbons (Fsp3) is 0.538. The topological polar surface area (TPSA) is 72.3 Å². The first-order chi connectivity index (χ1) is 16.6. The van der Waals surface area contributed by atoms with E-state index in [2.05, 4.69) is 42.4 Å². The summed E-state index contributed by atoms with van der Waals surface area (Å²) in [4.78, 5) is 11.3. The molecule has 1 aromatic carbocycles. The van der Waals surface area contributed by atoms with Crippen LogP contribution in [0.5, 0.6) is 0 Å². The van der Waals surface area contributed by atoms with Crippen molar-refractivity contribution in [3.05, 3.63) is 54.5 Å². The molecule has 8 heteroatoms. The number of ether oxygens (including phenoxy) is 1. The number of aryl methyl sites for hydroxylation is 1. The second kappa shape index (κ2) is 10.5. The Morgan fingerprint density at radius 2 is 1.97 bits per heavy atom. The lowest BCUT2D eigenvalue weighted by atomic mass is 9.79. The van der Waals surface area contributed by atoms with Crippen LogP contribution >= 0.6 is 0 Å². The molecule has 3 heterocycles. The average Bonchev–Trinajstić information content (AvgIpc) is 3.24. The van der Waals surface area contributed by atoms with Crippen molar-refractivity contribution in [2.45, 2.75) is 50.2 Å². The van der Waals surface area contributed by atoms with Crippen molar-refractivity contribution in [3.63, 3.8) is 0 Å². The number of piperidine rings is 1. The van der Waals surface area contributed by atoms with E-state index in [1.54, 1.807) is 6.26 Å². The number of hydrogen-bond acceptors (Lipinski definition) is 5. The third-order valence-electron chi connectivity index (χ3n) is 7.46. The number of anilines is 1. The van der Waals surface area contributed by atoms with E-state index in [9.17, 15) is 4.21 Å². The molecule has 0 spiro atoms. The number of nitrogens with zero attached hydrogens (tertiary/aromatic N) is 4. The lowest BCUT2D eigenvalue weighted by Crippen LogP contribution is -2.54. The number of fused-ring (bicyclic) bond motifs is 1. The molecule has 0 bridgehead atoms. The zero-order chi connectivity index (χ0) is 23.5. The van der Waals surface area contributed by atoms with Crippen LogP contribution in [0.3, 0.4) is 0 Å². The van der Waals surface area contributed by atoms with E-state index >= 15 is 0 Å². The van der Waals surface area contributed by atoms with Crippen molar-refractivity contribution in [1.82, 2.24) is 19.3 Å². The molecule has 1 aliphatic carbocycles. The summed E-state index contributed by atoms with van der Waals surface area (Å²) in [5.41, 5.74) is 3.69. The van der Waals surface area contributed by atoms with Crippen molar-refractivity contribution < 1.29 is 8.95 Å². The molecule has 1 saturated carbocycles. The van der Waals surface area contributed by atoms with Gasteiger partial charge in [0, 0.05) is 45.2 Å². The first-order valence-electron chi connectivity index (χ1n) is 12.3. The van der Waals surface area contributed by atoms with E-state index < -0.39 is 11.0 Å². The fourth-order valence-corrected chi connectivity index (χ4v) is 6.21. The Morgan fingerprint density at radius 1 is 1.12 bits per heavy atom. The minimum absolute atomic E-state index is 0.00365. The number of pyridine rings is 1. The lowest BCUT2D eigenvalue weighted by Gasteiger charge is -2.40. The van der Waals surface area contributed by atoms with E-state index in [1.807, 2.05) is 37.8 Å². The Kier molecular flexibility index (Phi) is 7.27. The van der Waals surface area contributed by atoms with Gasteiger partial charge in [-0.3, -0.25) is 0 Å². The number of hydrogen-bond donors (Lipinski definition) is 1. The molecule has 1 saturated heterocycles. The molecule has 0 radical (unpaired) electrons. The van der Waals surface area contributed by atoms with Crippen molar-refractivity contribution >= 4 is 27.8 Å². The summed E-state index contributed by atoms with van der Waals surface area (Å²) in [7, 11) is 0.989. The largest absolute Gasteiger partial charge is 0.374 e. The van der Waals surface area contributed by atoms with Gasteiger partial charge < -0.3 is 14.2 Å². The molecule has 3 atom stereocenters. The van der Waals surface area contributed by atoms with Crippen LogP contribution in [0, 0.1) is 5.92 Å². The summed E-state index contributed by atoms with van der Waals surface area (Å²) in [6.07, 6.45) is 11.1. The number of imidazole rings is 1. The van der Waals surface area contributed by atoms with E-state index in [1.165, 1.54) is 36.8 Å². The molecule has 1 N–H and O–H groups in total. The van der Waals surface area contributed by atoms with Gasteiger partial charge >= 0.3 is 0 Å². The summed E-state index contributed by atoms with van der Waals surface area (Å²) in [6, 6.07) is 12.9. The molecule has 1 aliphatic heterocycles. The first kappa shape index (κ1) is 23.5. The summed E-state index contributed by atoms with van der Waals surface area (Å²) >= 11 is 0. The van der Waals surface area contributed by atoms with E-state index in [4.69, 9.17) is 4.74 Å². The number of benzene rings is 1. The Hall–Kier alpha value is -2.29. The Labute approximate surface area is 204 Å². The van der Waals surface area contributed by atoms with Crippen LogP contribution in [0.4, 0.5) is 5.82 Å². The van der Waals surface area contributed by atoms with Crippen LogP contribution in [0.2, 0.25) is 0 Å². The molecule has 0 amide bonds. The SMILES string of the molecule is Cn1cnc2cc(C3CCC(COC4CN(c5ccccn5)CCC4NS(C)=O)CC3)ccc21. The lowest BCUT2D eigenvalue weighted by molar-refractivity contribution is -0.00102. The van der Waals surface area contributed by atoms with Crippen molar-refractivity contribution in [2.24, 2.45) is 13.0 Å². The Bertz CT molecular complexity index is 1110. The zero-order valence-corrected chi connectivity index (χ0v) is 20.9. The molecule has 3 aromatic rings. The smallest absolute Gasteiger partial charge is 0.128 e. The van der Waals surface area contributed by atoms with E-state index in [-0.39, 0.29) is 12.1 Å².